The number of esters is 1. The number of Topliss-reactive ketones (excluding diaryl/α,β-unsaturated/α-hetero) is 1. The van der Waals surface area contributed by atoms with Crippen molar-refractivity contribution in [2.24, 2.45) is 5.92 Å². The monoisotopic (exact) mass is 261 g/mol. The molecule has 0 saturated carbocycles. The van der Waals surface area contributed by atoms with Crippen LogP contribution in [0.5, 0.6) is 0 Å². The molecule has 2 atom stereocenters. The van der Waals surface area contributed by atoms with Gasteiger partial charge in [0.05, 0.1) is 13.2 Å². The minimum atomic E-state index is -1.30. The van der Waals surface area contributed by atoms with Gasteiger partial charge in [-0.25, -0.2) is 0 Å². The lowest BCUT2D eigenvalue weighted by molar-refractivity contribution is -0.151. The molecule has 5 nitrogen and oxygen atoms in total. The lowest BCUT2D eigenvalue weighted by Gasteiger charge is -2.08. The molecule has 19 heavy (non-hydrogen) atoms. The summed E-state index contributed by atoms with van der Waals surface area (Å²) in [5.74, 6) is -3.04. The van der Waals surface area contributed by atoms with Gasteiger partial charge in [0.25, 0.3) is 0 Å². The Hall–Kier alpha value is -2.17. The van der Waals surface area contributed by atoms with E-state index in [4.69, 9.17) is 0 Å². The molecule has 0 aromatic heterocycles. The summed E-state index contributed by atoms with van der Waals surface area (Å²) in [7, 11) is 1.17. The highest BCUT2D eigenvalue weighted by Gasteiger charge is 2.45. The second-order valence-corrected chi connectivity index (χ2v) is 4.44. The maximum atomic E-state index is 12.0. The first-order valence-corrected chi connectivity index (χ1v) is 6.09. The van der Waals surface area contributed by atoms with Gasteiger partial charge < -0.3 is 10.1 Å². The Bertz CT molecular complexity index is 497. The van der Waals surface area contributed by atoms with E-state index in [1.165, 1.54) is 7.11 Å². The first-order valence-electron chi connectivity index (χ1n) is 6.09. The van der Waals surface area contributed by atoms with E-state index < -0.39 is 29.6 Å². The number of rotatable bonds is 4. The molecule has 2 unspecified atom stereocenters. The van der Waals surface area contributed by atoms with E-state index in [9.17, 15) is 14.4 Å². The van der Waals surface area contributed by atoms with Crippen molar-refractivity contribution in [3.63, 3.8) is 0 Å². The van der Waals surface area contributed by atoms with Crippen LogP contribution in [0.4, 0.5) is 0 Å². The van der Waals surface area contributed by atoms with Crippen LogP contribution in [0.25, 0.3) is 0 Å². The van der Waals surface area contributed by atoms with E-state index in [2.05, 4.69) is 10.1 Å². The topological polar surface area (TPSA) is 72.5 Å². The fraction of sp³-hybridized carbons (Fsp3) is 0.357. The molecule has 1 aliphatic rings. The molecule has 100 valence electrons. The maximum Gasteiger partial charge on any atom is 0.325 e. The van der Waals surface area contributed by atoms with Crippen LogP contribution < -0.4 is 5.32 Å². The van der Waals surface area contributed by atoms with Gasteiger partial charge in [-0.1, -0.05) is 30.3 Å². The molecule has 1 heterocycles. The molecule has 1 aromatic carbocycles. The molecule has 0 radical (unpaired) electrons. The highest BCUT2D eigenvalue weighted by atomic mass is 16.5. The summed E-state index contributed by atoms with van der Waals surface area (Å²) in [6.07, 6.45) is 1.16. The molecule has 1 aliphatic heterocycles. The zero-order chi connectivity index (χ0) is 13.8. The minimum absolute atomic E-state index is 0.396. The third-order valence-electron chi connectivity index (χ3n) is 3.21. The van der Waals surface area contributed by atoms with Crippen molar-refractivity contribution in [1.82, 2.24) is 5.32 Å². The van der Waals surface area contributed by atoms with Crippen LogP contribution in [-0.2, 0) is 25.5 Å². The van der Waals surface area contributed by atoms with E-state index in [-0.39, 0.29) is 0 Å². The van der Waals surface area contributed by atoms with Gasteiger partial charge in [0.1, 0.15) is 0 Å². The van der Waals surface area contributed by atoms with E-state index in [0.29, 0.717) is 12.8 Å². The van der Waals surface area contributed by atoms with Crippen LogP contribution in [0.15, 0.2) is 30.3 Å². The van der Waals surface area contributed by atoms with Crippen molar-refractivity contribution in [2.45, 2.75) is 18.9 Å². The number of ether oxygens (including phenoxy) is 1. The summed E-state index contributed by atoms with van der Waals surface area (Å²) in [6.45, 7) is 0. The molecule has 1 amide bonds. The summed E-state index contributed by atoms with van der Waals surface area (Å²) in [6, 6.07) is 9.07. The van der Waals surface area contributed by atoms with Gasteiger partial charge >= 0.3 is 5.97 Å². The standard InChI is InChI=1S/C14H15NO4/c1-19-14(18)11-12(16)10(15-13(11)17)8-7-9-5-3-2-4-6-9/h2-6,10-11H,7-8H2,1H3,(H,15,17). The Morgan fingerprint density at radius 3 is 2.58 bits per heavy atom. The van der Waals surface area contributed by atoms with E-state index in [0.717, 1.165) is 5.56 Å². The van der Waals surface area contributed by atoms with Gasteiger partial charge in [-0.3, -0.25) is 14.4 Å². The van der Waals surface area contributed by atoms with Gasteiger partial charge in [-0.05, 0) is 18.4 Å². The van der Waals surface area contributed by atoms with Gasteiger partial charge in [0.2, 0.25) is 5.91 Å². The lowest BCUT2D eigenvalue weighted by Crippen LogP contribution is -2.29. The predicted octanol–water partition coefficient (Wildman–Crippen LogP) is 0.476. The van der Waals surface area contributed by atoms with Crippen LogP contribution in [0.3, 0.4) is 0 Å². The van der Waals surface area contributed by atoms with Crippen molar-refractivity contribution in [2.75, 3.05) is 7.11 Å². The van der Waals surface area contributed by atoms with Crippen molar-refractivity contribution >= 4 is 17.7 Å². The number of ketones is 1. The van der Waals surface area contributed by atoms with E-state index in [1.54, 1.807) is 0 Å². The second-order valence-electron chi connectivity index (χ2n) is 4.44. The van der Waals surface area contributed by atoms with Crippen molar-refractivity contribution < 1.29 is 19.1 Å². The van der Waals surface area contributed by atoms with Crippen molar-refractivity contribution in [3.8, 4) is 0 Å². The Labute approximate surface area is 110 Å². The summed E-state index contributed by atoms with van der Waals surface area (Å²) < 4.78 is 4.47. The van der Waals surface area contributed by atoms with Crippen LogP contribution in [0.2, 0.25) is 0 Å². The normalized spacial score (nSPS) is 22.2. The molecule has 0 aliphatic carbocycles. The summed E-state index contributed by atoms with van der Waals surface area (Å²) in [5.41, 5.74) is 1.09. The fourth-order valence-electron chi connectivity index (χ4n) is 2.17. The van der Waals surface area contributed by atoms with Gasteiger partial charge in [0.15, 0.2) is 11.7 Å². The Balaban J connectivity index is 1.98. The first-order chi connectivity index (χ1) is 9.13. The average Bonchev–Trinajstić information content (AvgIpc) is 2.71. The molecular formula is C14H15NO4. The fourth-order valence-corrected chi connectivity index (χ4v) is 2.17. The van der Waals surface area contributed by atoms with Crippen LogP contribution in [-0.4, -0.2) is 30.8 Å². The molecule has 0 spiro atoms. The van der Waals surface area contributed by atoms with Crippen molar-refractivity contribution in [3.05, 3.63) is 35.9 Å². The third-order valence-corrected chi connectivity index (χ3v) is 3.21. The number of amides is 1. The van der Waals surface area contributed by atoms with Crippen LogP contribution in [0, 0.1) is 5.92 Å². The number of aryl methyl sites for hydroxylation is 1. The molecule has 0 bridgehead atoms. The molecule has 5 heteroatoms. The Morgan fingerprint density at radius 1 is 1.26 bits per heavy atom. The molecular weight excluding hydrogens is 246 g/mol. The number of benzene rings is 1. The minimum Gasteiger partial charge on any atom is -0.468 e. The van der Waals surface area contributed by atoms with Crippen LogP contribution >= 0.6 is 0 Å². The molecule has 1 fully saturated rings. The summed E-state index contributed by atoms with van der Waals surface area (Å²) >= 11 is 0. The van der Waals surface area contributed by atoms with E-state index >= 15 is 0 Å². The number of methoxy groups -OCH3 is 1. The Kier molecular flexibility index (Phi) is 3.94. The third kappa shape index (κ3) is 2.81. The highest BCUT2D eigenvalue weighted by Crippen LogP contribution is 2.17. The highest BCUT2D eigenvalue weighted by molar-refractivity contribution is 6.22. The SMILES string of the molecule is COC(=O)C1C(=O)NC(CCc2ccccc2)C1=O. The Morgan fingerprint density at radius 2 is 1.95 bits per heavy atom. The lowest BCUT2D eigenvalue weighted by atomic mass is 9.98. The molecule has 1 aromatic rings. The zero-order valence-electron chi connectivity index (χ0n) is 10.6. The number of carbonyl (C=O) groups is 3. The number of hydrogen-bond donors (Lipinski definition) is 1. The van der Waals surface area contributed by atoms with E-state index in [1.807, 2.05) is 30.3 Å². The number of nitrogens with one attached hydrogen (secondary N) is 1. The summed E-state index contributed by atoms with van der Waals surface area (Å²) in [4.78, 5) is 34.9. The van der Waals surface area contributed by atoms with Gasteiger partial charge in [0, 0.05) is 0 Å². The molecule has 1 saturated heterocycles. The van der Waals surface area contributed by atoms with Crippen LogP contribution in [0.1, 0.15) is 12.0 Å². The average molecular weight is 261 g/mol. The predicted molar refractivity (Wildman–Crippen MR) is 67.2 cm³/mol. The van der Waals surface area contributed by atoms with Gasteiger partial charge in [-0.2, -0.15) is 0 Å². The summed E-state index contributed by atoms with van der Waals surface area (Å²) in [5, 5.41) is 2.55. The number of carbonyl (C=O) groups excluding carboxylic acids is 3. The maximum absolute atomic E-state index is 12.0. The quantitative estimate of drug-likeness (QED) is 0.632. The zero-order valence-corrected chi connectivity index (χ0v) is 10.6. The largest absolute Gasteiger partial charge is 0.468 e. The van der Waals surface area contributed by atoms with Crippen molar-refractivity contribution in [1.29, 1.82) is 0 Å². The number of hydrogen-bond acceptors (Lipinski definition) is 4. The first kappa shape index (κ1) is 13.3. The molecule has 1 N–H and O–H groups in total. The second kappa shape index (κ2) is 5.65. The smallest absolute Gasteiger partial charge is 0.325 e. The molecule has 2 rings (SSSR count). The van der Waals surface area contributed by atoms with Gasteiger partial charge in [-0.15, -0.1) is 0 Å².